The summed E-state index contributed by atoms with van der Waals surface area (Å²) < 4.78 is 39.4. The van der Waals surface area contributed by atoms with Crippen molar-refractivity contribution in [2.75, 3.05) is 25.3 Å². The van der Waals surface area contributed by atoms with Crippen molar-refractivity contribution in [3.05, 3.63) is 43.0 Å². The van der Waals surface area contributed by atoms with E-state index in [1.54, 1.807) is 18.5 Å². The van der Waals surface area contributed by atoms with Gasteiger partial charge in [0.15, 0.2) is 17.8 Å². The van der Waals surface area contributed by atoms with Crippen molar-refractivity contribution in [1.82, 2.24) is 24.6 Å². The number of nitrogens with one attached hydrogen (secondary N) is 1. The number of rotatable bonds is 12. The molecule has 190 valence electrons. The number of nitrogens with zero attached hydrogens (tertiary/aromatic N) is 4. The van der Waals surface area contributed by atoms with Crippen molar-refractivity contribution in [3.8, 4) is 5.75 Å². The van der Waals surface area contributed by atoms with Crippen LogP contribution in [0, 0.1) is 5.92 Å². The van der Waals surface area contributed by atoms with Gasteiger partial charge in [-0.05, 0) is 31.4 Å². The van der Waals surface area contributed by atoms with Gasteiger partial charge in [0.2, 0.25) is 0 Å². The SMILES string of the molecule is CC(C)CC(NP(=O)(COC(C)Cn1cnc2c(N)ncnc21)Oc1ccccc1)C1OCCO1. The van der Waals surface area contributed by atoms with Gasteiger partial charge < -0.3 is 29.0 Å². The Morgan fingerprint density at radius 3 is 2.63 bits per heavy atom. The molecule has 12 heteroatoms. The molecule has 1 saturated heterocycles. The lowest BCUT2D eigenvalue weighted by Crippen LogP contribution is -2.41. The summed E-state index contributed by atoms with van der Waals surface area (Å²) in [5.74, 6) is 1.14. The first-order valence-corrected chi connectivity index (χ1v) is 13.5. The van der Waals surface area contributed by atoms with Crippen LogP contribution in [-0.4, -0.2) is 57.5 Å². The number of para-hydroxylation sites is 1. The Morgan fingerprint density at radius 1 is 1.17 bits per heavy atom. The predicted molar refractivity (Wildman–Crippen MR) is 132 cm³/mol. The normalized spacial score (nSPS) is 18.1. The lowest BCUT2D eigenvalue weighted by Gasteiger charge is -2.30. The summed E-state index contributed by atoms with van der Waals surface area (Å²) in [5.41, 5.74) is 7.03. The Labute approximate surface area is 204 Å². The maximum atomic E-state index is 14.1. The van der Waals surface area contributed by atoms with Crippen LogP contribution in [0.15, 0.2) is 43.0 Å². The Hall–Kier alpha value is -2.56. The number of nitrogen functional groups attached to an aromatic ring is 1. The van der Waals surface area contributed by atoms with Gasteiger partial charge in [-0.15, -0.1) is 0 Å². The van der Waals surface area contributed by atoms with E-state index in [0.29, 0.717) is 54.8 Å². The second kappa shape index (κ2) is 11.5. The number of imidazole rings is 1. The molecule has 0 spiro atoms. The maximum absolute atomic E-state index is 14.1. The fourth-order valence-electron chi connectivity index (χ4n) is 3.92. The molecule has 4 rings (SSSR count). The highest BCUT2D eigenvalue weighted by molar-refractivity contribution is 7.57. The first-order chi connectivity index (χ1) is 16.8. The summed E-state index contributed by atoms with van der Waals surface area (Å²) in [5, 5.41) is 3.21. The molecule has 3 N–H and O–H groups in total. The van der Waals surface area contributed by atoms with Crippen molar-refractivity contribution in [2.45, 2.75) is 52.2 Å². The average Bonchev–Trinajstić information content (AvgIpc) is 3.49. The number of aromatic nitrogens is 4. The second-order valence-corrected chi connectivity index (χ2v) is 11.0. The summed E-state index contributed by atoms with van der Waals surface area (Å²) in [7, 11) is -3.51. The van der Waals surface area contributed by atoms with E-state index < -0.39 is 13.8 Å². The Kier molecular flexibility index (Phi) is 8.35. The third kappa shape index (κ3) is 6.77. The van der Waals surface area contributed by atoms with Gasteiger partial charge in [0, 0.05) is 0 Å². The minimum absolute atomic E-state index is 0.145. The van der Waals surface area contributed by atoms with E-state index >= 15 is 0 Å². The summed E-state index contributed by atoms with van der Waals surface area (Å²) in [6.07, 6.45) is 2.78. The summed E-state index contributed by atoms with van der Waals surface area (Å²) in [4.78, 5) is 12.5. The van der Waals surface area contributed by atoms with E-state index in [9.17, 15) is 4.57 Å². The van der Waals surface area contributed by atoms with Crippen LogP contribution in [0.2, 0.25) is 0 Å². The molecule has 0 radical (unpaired) electrons. The Balaban J connectivity index is 1.48. The van der Waals surface area contributed by atoms with E-state index in [1.807, 2.05) is 29.7 Å². The third-order valence-corrected chi connectivity index (χ3v) is 7.19. The van der Waals surface area contributed by atoms with Crippen molar-refractivity contribution < 1.29 is 23.3 Å². The number of benzene rings is 1. The van der Waals surface area contributed by atoms with Gasteiger partial charge in [-0.25, -0.2) is 20.0 Å². The van der Waals surface area contributed by atoms with E-state index in [4.69, 9.17) is 24.5 Å². The molecule has 1 fully saturated rings. The molecule has 0 saturated carbocycles. The average molecular weight is 505 g/mol. The predicted octanol–water partition coefficient (Wildman–Crippen LogP) is 3.42. The number of hydrogen-bond donors (Lipinski definition) is 2. The van der Waals surface area contributed by atoms with Gasteiger partial charge in [0.25, 0.3) is 0 Å². The number of hydrogen-bond acceptors (Lipinski definition) is 9. The minimum Gasteiger partial charge on any atom is -0.431 e. The molecule has 3 atom stereocenters. The molecule has 0 aliphatic carbocycles. The largest absolute Gasteiger partial charge is 0.431 e. The molecular formula is C23H33N6O5P. The summed E-state index contributed by atoms with van der Waals surface area (Å²) >= 11 is 0. The van der Waals surface area contributed by atoms with E-state index in [2.05, 4.69) is 33.9 Å². The molecule has 11 nitrogen and oxygen atoms in total. The molecule has 1 aromatic carbocycles. The molecule has 3 unspecified atom stereocenters. The lowest BCUT2D eigenvalue weighted by atomic mass is 10.0. The monoisotopic (exact) mass is 504 g/mol. The van der Waals surface area contributed by atoms with Crippen LogP contribution < -0.4 is 15.3 Å². The van der Waals surface area contributed by atoms with Crippen molar-refractivity contribution in [1.29, 1.82) is 0 Å². The molecule has 3 heterocycles. The third-order valence-electron chi connectivity index (χ3n) is 5.47. The quantitative estimate of drug-likeness (QED) is 0.353. The smallest absolute Gasteiger partial charge is 0.342 e. The van der Waals surface area contributed by atoms with Crippen molar-refractivity contribution in [2.24, 2.45) is 5.92 Å². The molecule has 3 aromatic rings. The zero-order valence-electron chi connectivity index (χ0n) is 20.2. The highest BCUT2D eigenvalue weighted by Gasteiger charge is 2.36. The van der Waals surface area contributed by atoms with Gasteiger partial charge >= 0.3 is 7.52 Å². The van der Waals surface area contributed by atoms with E-state index in [1.165, 1.54) is 6.33 Å². The van der Waals surface area contributed by atoms with Crippen LogP contribution >= 0.6 is 7.52 Å². The summed E-state index contributed by atoms with van der Waals surface area (Å²) in [6, 6.07) is 8.74. The maximum Gasteiger partial charge on any atom is 0.342 e. The second-order valence-electron chi connectivity index (χ2n) is 8.99. The van der Waals surface area contributed by atoms with E-state index in [0.717, 1.165) is 0 Å². The Bertz CT molecular complexity index is 1140. The van der Waals surface area contributed by atoms with Crippen LogP contribution in [0.3, 0.4) is 0 Å². The van der Waals surface area contributed by atoms with Crippen LogP contribution in [0.4, 0.5) is 5.82 Å². The molecule has 0 bridgehead atoms. The van der Waals surface area contributed by atoms with Gasteiger partial charge in [-0.3, -0.25) is 4.57 Å². The first-order valence-electron chi connectivity index (χ1n) is 11.7. The van der Waals surface area contributed by atoms with Gasteiger partial charge in [-0.1, -0.05) is 32.0 Å². The number of nitrogens with two attached hydrogens (primary N) is 1. The topological polar surface area (TPSA) is 136 Å². The molecule has 1 aliphatic heterocycles. The van der Waals surface area contributed by atoms with E-state index in [-0.39, 0.29) is 18.5 Å². The molecule has 0 amide bonds. The number of fused-ring (bicyclic) bond motifs is 1. The summed E-state index contributed by atoms with van der Waals surface area (Å²) in [6.45, 7) is 7.52. The number of ether oxygens (including phenoxy) is 3. The molecule has 1 aliphatic rings. The van der Waals surface area contributed by atoms with Crippen LogP contribution in [0.5, 0.6) is 5.75 Å². The van der Waals surface area contributed by atoms with Crippen LogP contribution in [-0.2, 0) is 25.3 Å². The zero-order chi connectivity index (χ0) is 24.8. The molecule has 2 aromatic heterocycles. The first kappa shape index (κ1) is 25.5. The van der Waals surface area contributed by atoms with Crippen LogP contribution in [0.25, 0.3) is 11.2 Å². The van der Waals surface area contributed by atoms with Gasteiger partial charge in [-0.2, -0.15) is 0 Å². The fraction of sp³-hybridized carbons (Fsp3) is 0.522. The van der Waals surface area contributed by atoms with Crippen molar-refractivity contribution >= 4 is 24.5 Å². The van der Waals surface area contributed by atoms with Crippen molar-refractivity contribution in [3.63, 3.8) is 0 Å². The molecular weight excluding hydrogens is 471 g/mol. The Morgan fingerprint density at radius 2 is 1.91 bits per heavy atom. The minimum atomic E-state index is -3.51. The van der Waals surface area contributed by atoms with Crippen LogP contribution in [0.1, 0.15) is 27.2 Å². The highest BCUT2D eigenvalue weighted by Crippen LogP contribution is 2.45. The lowest BCUT2D eigenvalue weighted by molar-refractivity contribution is -0.0671. The highest BCUT2D eigenvalue weighted by atomic mass is 31.2. The standard InChI is InChI=1S/C23H33N6O5P/c1-16(2)11-19(23-31-9-10-32-23)28-35(30,34-18-7-5-4-6-8-18)15-33-17(3)12-29-14-27-20-21(24)25-13-26-22(20)29/h4-8,13-14,16-17,19,23H,9-12,15H2,1-3H3,(H,28,30)(H2,24,25,26). The van der Waals surface area contributed by atoms with Gasteiger partial charge in [0.05, 0.1) is 38.2 Å². The molecule has 35 heavy (non-hydrogen) atoms. The number of anilines is 1. The zero-order valence-corrected chi connectivity index (χ0v) is 21.1. The fourth-order valence-corrected chi connectivity index (χ4v) is 5.75. The van der Waals surface area contributed by atoms with Gasteiger partial charge in [0.1, 0.15) is 23.9 Å².